The van der Waals surface area contributed by atoms with Gasteiger partial charge in [-0.3, -0.25) is 0 Å². The molecule has 0 aromatic rings. The molecular weight excluding hydrogens is 186 g/mol. The van der Waals surface area contributed by atoms with Gasteiger partial charge in [-0.15, -0.1) is 0 Å². The van der Waals surface area contributed by atoms with E-state index in [0.717, 1.165) is 43.6 Å². The van der Waals surface area contributed by atoms with E-state index in [1.165, 1.54) is 0 Å². The van der Waals surface area contributed by atoms with E-state index in [-0.39, 0.29) is 0 Å². The van der Waals surface area contributed by atoms with E-state index in [9.17, 15) is 0 Å². The van der Waals surface area contributed by atoms with Crippen LogP contribution in [0.1, 0.15) is 0 Å². The van der Waals surface area contributed by atoms with Gasteiger partial charge in [-0.05, 0) is 0 Å². The molecule has 3 rings (SSSR count). The summed E-state index contributed by atoms with van der Waals surface area (Å²) in [6, 6.07) is 0. The molecular formula is C8H15NO3Si. The van der Waals surface area contributed by atoms with Crippen molar-refractivity contribution in [2.24, 2.45) is 0 Å². The van der Waals surface area contributed by atoms with Crippen LogP contribution in [0.2, 0.25) is 0 Å². The fraction of sp³-hybridized carbons (Fsp3) is 0.750. The summed E-state index contributed by atoms with van der Waals surface area (Å²) in [7, 11) is -3.15. The first-order chi connectivity index (χ1) is 6.26. The molecule has 0 amide bonds. The SMILES string of the molecule is C=C[Si-]123OCC[N+]1(CCO2)CCO3. The third-order valence-corrected chi connectivity index (χ3v) is 9.13. The molecule has 3 heterocycles. The molecule has 0 saturated carbocycles. The normalized spacial score (nSPS) is 47.5. The second-order valence-corrected chi connectivity index (χ2v) is 8.31. The first-order valence-corrected chi connectivity index (χ1v) is 7.10. The Labute approximate surface area is 78.1 Å². The Morgan fingerprint density at radius 1 is 1.00 bits per heavy atom. The molecule has 0 N–H and O–H groups in total. The molecule has 0 spiro atoms. The molecule has 0 radical (unpaired) electrons. The second kappa shape index (κ2) is 2.07. The zero-order valence-corrected chi connectivity index (χ0v) is 8.70. The Balaban J connectivity index is 2.21. The molecule has 0 bridgehead atoms. The Morgan fingerprint density at radius 3 is 1.77 bits per heavy atom. The minimum atomic E-state index is -3.15. The van der Waals surface area contributed by atoms with Crippen molar-refractivity contribution in [1.82, 2.24) is 0 Å². The van der Waals surface area contributed by atoms with Crippen LogP contribution in [0.25, 0.3) is 0 Å². The van der Waals surface area contributed by atoms with Crippen molar-refractivity contribution < 1.29 is 17.4 Å². The average Bonchev–Trinajstić information content (AvgIpc) is 2.60. The van der Waals surface area contributed by atoms with Crippen molar-refractivity contribution in [2.45, 2.75) is 0 Å². The van der Waals surface area contributed by atoms with Gasteiger partial charge in [-0.1, -0.05) is 0 Å². The van der Waals surface area contributed by atoms with Crippen molar-refractivity contribution >= 4 is 8.24 Å². The molecule has 3 fully saturated rings. The monoisotopic (exact) mass is 201 g/mol. The maximum atomic E-state index is 5.88. The van der Waals surface area contributed by atoms with Gasteiger partial charge < -0.3 is 0 Å². The molecule has 3 aliphatic heterocycles. The molecule has 5 heteroatoms. The summed E-state index contributed by atoms with van der Waals surface area (Å²) in [5.41, 5.74) is 1.85. The maximum absolute atomic E-state index is 5.88. The summed E-state index contributed by atoms with van der Waals surface area (Å²) < 4.78 is 18.6. The number of rotatable bonds is 1. The Kier molecular flexibility index (Phi) is 1.29. The van der Waals surface area contributed by atoms with Crippen LogP contribution >= 0.6 is 0 Å². The Morgan fingerprint density at radius 2 is 1.46 bits per heavy atom. The van der Waals surface area contributed by atoms with E-state index < -0.39 is 8.24 Å². The van der Waals surface area contributed by atoms with Crippen LogP contribution in [0.15, 0.2) is 12.3 Å². The topological polar surface area (TPSA) is 27.7 Å². The predicted molar refractivity (Wildman–Crippen MR) is 48.7 cm³/mol. The summed E-state index contributed by atoms with van der Waals surface area (Å²) in [4.78, 5) is 0. The summed E-state index contributed by atoms with van der Waals surface area (Å²) >= 11 is 0. The van der Waals surface area contributed by atoms with Crippen LogP contribution < -0.4 is 0 Å². The first-order valence-electron chi connectivity index (χ1n) is 4.85. The van der Waals surface area contributed by atoms with Gasteiger partial charge in [0.25, 0.3) is 0 Å². The number of nitrogens with zero attached hydrogens (tertiary/aromatic N) is 1. The summed E-state index contributed by atoms with van der Waals surface area (Å²) in [5, 5.41) is 0. The van der Waals surface area contributed by atoms with Crippen LogP contribution in [0.4, 0.5) is 0 Å². The van der Waals surface area contributed by atoms with Crippen LogP contribution in [-0.2, 0) is 13.3 Å². The average molecular weight is 201 g/mol. The number of hydrogen-bond acceptors (Lipinski definition) is 3. The van der Waals surface area contributed by atoms with Gasteiger partial charge in [0.2, 0.25) is 0 Å². The summed E-state index contributed by atoms with van der Waals surface area (Å²) in [6.07, 6.45) is 0. The van der Waals surface area contributed by atoms with Crippen LogP contribution in [-0.4, -0.2) is 51.8 Å². The van der Waals surface area contributed by atoms with E-state index >= 15 is 0 Å². The van der Waals surface area contributed by atoms with E-state index in [2.05, 4.69) is 6.58 Å². The summed E-state index contributed by atoms with van der Waals surface area (Å²) in [5.74, 6) is 0. The van der Waals surface area contributed by atoms with Gasteiger partial charge in [0.15, 0.2) is 0 Å². The number of hydrogen-bond donors (Lipinski definition) is 0. The third-order valence-electron chi connectivity index (χ3n) is 3.86. The molecule has 0 atom stereocenters. The quantitative estimate of drug-likeness (QED) is 0.559. The van der Waals surface area contributed by atoms with E-state index in [0.29, 0.717) is 0 Å². The van der Waals surface area contributed by atoms with Gasteiger partial charge in [-0.25, -0.2) is 0 Å². The fourth-order valence-electron chi connectivity index (χ4n) is 3.07. The van der Waals surface area contributed by atoms with Gasteiger partial charge in [0, 0.05) is 0 Å². The summed E-state index contributed by atoms with van der Waals surface area (Å²) in [6.45, 7) is 9.30. The van der Waals surface area contributed by atoms with Gasteiger partial charge in [0.05, 0.1) is 0 Å². The second-order valence-electron chi connectivity index (χ2n) is 4.07. The van der Waals surface area contributed by atoms with Crippen molar-refractivity contribution in [2.75, 3.05) is 39.5 Å². The van der Waals surface area contributed by atoms with Crippen molar-refractivity contribution in [3.8, 4) is 0 Å². The predicted octanol–water partition coefficient (Wildman–Crippen LogP) is 0.00860. The van der Waals surface area contributed by atoms with Crippen LogP contribution in [0, 0.1) is 0 Å². The van der Waals surface area contributed by atoms with E-state index in [1.807, 2.05) is 5.70 Å². The van der Waals surface area contributed by atoms with Gasteiger partial charge in [-0.2, -0.15) is 0 Å². The number of quaternary nitrogens is 1. The Bertz CT molecular complexity index is 249. The zero-order valence-electron chi connectivity index (χ0n) is 7.70. The molecule has 3 saturated heterocycles. The minimum absolute atomic E-state index is 0.764. The van der Waals surface area contributed by atoms with Crippen molar-refractivity contribution in [1.29, 1.82) is 0 Å². The van der Waals surface area contributed by atoms with E-state index in [4.69, 9.17) is 13.3 Å². The molecule has 74 valence electrons. The van der Waals surface area contributed by atoms with Crippen LogP contribution in [0.3, 0.4) is 0 Å². The Hall–Kier alpha value is -0.203. The molecule has 0 unspecified atom stereocenters. The molecule has 3 aliphatic rings. The molecule has 13 heavy (non-hydrogen) atoms. The van der Waals surface area contributed by atoms with Crippen molar-refractivity contribution in [3.05, 3.63) is 12.3 Å². The fourth-order valence-corrected chi connectivity index (χ4v) is 7.77. The molecule has 0 aromatic carbocycles. The van der Waals surface area contributed by atoms with Crippen molar-refractivity contribution in [3.63, 3.8) is 0 Å². The van der Waals surface area contributed by atoms with E-state index in [1.54, 1.807) is 0 Å². The van der Waals surface area contributed by atoms with Gasteiger partial charge >= 0.3 is 77.4 Å². The first kappa shape index (κ1) is 8.13. The van der Waals surface area contributed by atoms with Gasteiger partial charge in [0.1, 0.15) is 0 Å². The third kappa shape index (κ3) is 0.618. The standard InChI is InChI=1S/C8H15NO3Si/c1-2-13-9(3-6-10-13,4-7-11-13)5-8-12-13/h2H,1,3-8H2. The molecule has 0 aromatic heterocycles. The zero-order chi connectivity index (χ0) is 9.02. The molecule has 4 nitrogen and oxygen atoms in total. The van der Waals surface area contributed by atoms with Crippen LogP contribution in [0.5, 0.6) is 0 Å². The molecule has 0 aliphatic carbocycles.